The second-order valence-corrected chi connectivity index (χ2v) is 5.95. The highest BCUT2D eigenvalue weighted by Gasteiger charge is 2.17. The number of carbonyl (C=O) groups is 1. The van der Waals surface area contributed by atoms with Gasteiger partial charge in [0.25, 0.3) is 0 Å². The molecule has 0 fully saturated rings. The minimum Gasteiger partial charge on any atom is -0.465 e. The van der Waals surface area contributed by atoms with E-state index in [1.165, 1.54) is 4.90 Å². The lowest BCUT2D eigenvalue weighted by Crippen LogP contribution is -2.35. The summed E-state index contributed by atoms with van der Waals surface area (Å²) in [5, 5.41) is 19.5. The Hall–Kier alpha value is -1.85. The lowest BCUT2D eigenvalue weighted by atomic mass is 10.1. The molecule has 0 aliphatic rings. The SMILES string of the molecule is O=C(O)N(CCc1ccc(Br)cc1)C[C@H](O)c1ccccc1. The molecule has 0 saturated carbocycles. The van der Waals surface area contributed by atoms with Gasteiger partial charge in [0.2, 0.25) is 0 Å². The number of halogens is 1. The highest BCUT2D eigenvalue weighted by Crippen LogP contribution is 2.15. The third-order valence-corrected chi connectivity index (χ3v) is 3.96. The van der Waals surface area contributed by atoms with Gasteiger partial charge in [0.05, 0.1) is 12.6 Å². The molecule has 0 unspecified atom stereocenters. The van der Waals surface area contributed by atoms with Crippen LogP contribution in [0.1, 0.15) is 17.2 Å². The maximum atomic E-state index is 11.3. The summed E-state index contributed by atoms with van der Waals surface area (Å²) >= 11 is 3.37. The van der Waals surface area contributed by atoms with E-state index in [1.807, 2.05) is 42.5 Å². The lowest BCUT2D eigenvalue weighted by molar-refractivity contribution is 0.0973. The fourth-order valence-corrected chi connectivity index (χ4v) is 2.43. The van der Waals surface area contributed by atoms with Crippen molar-refractivity contribution in [2.45, 2.75) is 12.5 Å². The van der Waals surface area contributed by atoms with Crippen LogP contribution in [0.2, 0.25) is 0 Å². The number of amides is 1. The zero-order chi connectivity index (χ0) is 15.9. The van der Waals surface area contributed by atoms with E-state index in [0.29, 0.717) is 13.0 Å². The standard InChI is InChI=1S/C17H18BrNO3/c18-15-8-6-13(7-9-15)10-11-19(17(21)22)12-16(20)14-4-2-1-3-5-14/h1-9,16,20H,10-12H2,(H,21,22)/t16-/m0/s1. The van der Waals surface area contributed by atoms with Crippen molar-refractivity contribution in [2.24, 2.45) is 0 Å². The Morgan fingerprint density at radius 3 is 2.32 bits per heavy atom. The van der Waals surface area contributed by atoms with Gasteiger partial charge in [-0.05, 0) is 29.7 Å². The van der Waals surface area contributed by atoms with Crippen molar-refractivity contribution in [2.75, 3.05) is 13.1 Å². The molecule has 1 atom stereocenters. The normalized spacial score (nSPS) is 11.9. The number of benzene rings is 2. The predicted molar refractivity (Wildman–Crippen MR) is 88.8 cm³/mol. The lowest BCUT2D eigenvalue weighted by Gasteiger charge is -2.22. The molecule has 0 spiro atoms. The summed E-state index contributed by atoms with van der Waals surface area (Å²) < 4.78 is 0.992. The smallest absolute Gasteiger partial charge is 0.407 e. The second kappa shape index (κ2) is 7.96. The number of aliphatic hydroxyl groups excluding tert-OH is 1. The molecule has 0 aliphatic carbocycles. The summed E-state index contributed by atoms with van der Waals surface area (Å²) in [4.78, 5) is 12.6. The molecule has 0 saturated heterocycles. The van der Waals surface area contributed by atoms with E-state index < -0.39 is 12.2 Å². The molecule has 0 aromatic heterocycles. The first-order valence-electron chi connectivity index (χ1n) is 7.01. The number of nitrogens with zero attached hydrogens (tertiary/aromatic N) is 1. The zero-order valence-corrected chi connectivity index (χ0v) is 13.6. The Morgan fingerprint density at radius 1 is 1.09 bits per heavy atom. The first-order chi connectivity index (χ1) is 10.6. The predicted octanol–water partition coefficient (Wildman–Crippen LogP) is 3.71. The number of rotatable bonds is 6. The molecule has 4 nitrogen and oxygen atoms in total. The minimum absolute atomic E-state index is 0.0654. The van der Waals surface area contributed by atoms with Crippen molar-refractivity contribution in [3.05, 3.63) is 70.2 Å². The summed E-state index contributed by atoms with van der Waals surface area (Å²) in [5.41, 5.74) is 1.78. The fourth-order valence-electron chi connectivity index (χ4n) is 2.17. The summed E-state index contributed by atoms with van der Waals surface area (Å²) in [6.45, 7) is 0.413. The van der Waals surface area contributed by atoms with Crippen LogP contribution in [0, 0.1) is 0 Å². The Labute approximate surface area is 138 Å². The highest BCUT2D eigenvalue weighted by atomic mass is 79.9. The van der Waals surface area contributed by atoms with Crippen LogP contribution >= 0.6 is 15.9 Å². The van der Waals surface area contributed by atoms with Crippen LogP contribution in [-0.2, 0) is 6.42 Å². The molecule has 2 aromatic carbocycles. The molecular weight excluding hydrogens is 346 g/mol. The van der Waals surface area contributed by atoms with Gasteiger partial charge in [-0.1, -0.05) is 58.4 Å². The van der Waals surface area contributed by atoms with Gasteiger partial charge in [-0.2, -0.15) is 0 Å². The van der Waals surface area contributed by atoms with Crippen LogP contribution in [0.15, 0.2) is 59.1 Å². The molecule has 1 amide bonds. The Bertz CT molecular complexity index is 601. The Balaban J connectivity index is 1.95. The van der Waals surface area contributed by atoms with Crippen LogP contribution in [0.4, 0.5) is 4.79 Å². The van der Waals surface area contributed by atoms with E-state index in [2.05, 4.69) is 15.9 Å². The van der Waals surface area contributed by atoms with Crippen molar-refractivity contribution in [3.8, 4) is 0 Å². The van der Waals surface area contributed by atoms with E-state index in [1.54, 1.807) is 12.1 Å². The molecule has 0 aliphatic heterocycles. The van der Waals surface area contributed by atoms with Crippen LogP contribution in [0.5, 0.6) is 0 Å². The van der Waals surface area contributed by atoms with Gasteiger partial charge in [0.1, 0.15) is 0 Å². The zero-order valence-electron chi connectivity index (χ0n) is 12.0. The molecule has 2 aromatic rings. The summed E-state index contributed by atoms with van der Waals surface area (Å²) in [5.74, 6) is 0. The molecule has 0 bridgehead atoms. The number of aliphatic hydroxyl groups is 1. The number of carboxylic acid groups (broad SMARTS) is 1. The van der Waals surface area contributed by atoms with Crippen molar-refractivity contribution in [3.63, 3.8) is 0 Å². The maximum absolute atomic E-state index is 11.3. The summed E-state index contributed by atoms with van der Waals surface area (Å²) in [6.07, 6.45) is -1.23. The van der Waals surface area contributed by atoms with E-state index in [9.17, 15) is 15.0 Å². The summed E-state index contributed by atoms with van der Waals surface area (Å²) in [6, 6.07) is 16.9. The Morgan fingerprint density at radius 2 is 1.73 bits per heavy atom. The Kier molecular flexibility index (Phi) is 5.98. The van der Waals surface area contributed by atoms with Gasteiger partial charge >= 0.3 is 6.09 Å². The molecule has 2 N–H and O–H groups in total. The molecule has 116 valence electrons. The molecule has 0 heterocycles. The molecular formula is C17H18BrNO3. The molecule has 2 rings (SSSR count). The first kappa shape index (κ1) is 16.5. The monoisotopic (exact) mass is 363 g/mol. The molecule has 5 heteroatoms. The average molecular weight is 364 g/mol. The van der Waals surface area contributed by atoms with Gasteiger partial charge in [-0.15, -0.1) is 0 Å². The molecule has 22 heavy (non-hydrogen) atoms. The van der Waals surface area contributed by atoms with E-state index in [4.69, 9.17) is 0 Å². The van der Waals surface area contributed by atoms with E-state index in [0.717, 1.165) is 15.6 Å². The van der Waals surface area contributed by atoms with Crippen LogP contribution in [0.3, 0.4) is 0 Å². The quantitative estimate of drug-likeness (QED) is 0.822. The van der Waals surface area contributed by atoms with Crippen molar-refractivity contribution in [1.82, 2.24) is 4.90 Å². The van der Waals surface area contributed by atoms with E-state index in [-0.39, 0.29) is 6.54 Å². The van der Waals surface area contributed by atoms with Crippen LogP contribution in [0.25, 0.3) is 0 Å². The number of hydrogen-bond donors (Lipinski definition) is 2. The van der Waals surface area contributed by atoms with Crippen molar-refractivity contribution in [1.29, 1.82) is 0 Å². The summed E-state index contributed by atoms with van der Waals surface area (Å²) in [7, 11) is 0. The van der Waals surface area contributed by atoms with Crippen LogP contribution < -0.4 is 0 Å². The highest BCUT2D eigenvalue weighted by molar-refractivity contribution is 9.10. The second-order valence-electron chi connectivity index (χ2n) is 5.03. The topological polar surface area (TPSA) is 60.8 Å². The maximum Gasteiger partial charge on any atom is 0.407 e. The van der Waals surface area contributed by atoms with Gasteiger partial charge < -0.3 is 15.1 Å². The molecule has 0 radical (unpaired) electrons. The van der Waals surface area contributed by atoms with Gasteiger partial charge in [0.15, 0.2) is 0 Å². The minimum atomic E-state index is -1.02. The van der Waals surface area contributed by atoms with Crippen LogP contribution in [-0.4, -0.2) is 34.3 Å². The van der Waals surface area contributed by atoms with Gasteiger partial charge in [0, 0.05) is 11.0 Å². The number of hydrogen-bond acceptors (Lipinski definition) is 2. The van der Waals surface area contributed by atoms with Crippen molar-refractivity contribution < 1.29 is 15.0 Å². The van der Waals surface area contributed by atoms with Gasteiger partial charge in [-0.3, -0.25) is 0 Å². The third-order valence-electron chi connectivity index (χ3n) is 3.43. The van der Waals surface area contributed by atoms with Gasteiger partial charge in [-0.25, -0.2) is 4.79 Å². The fraction of sp³-hybridized carbons (Fsp3) is 0.235. The average Bonchev–Trinajstić information content (AvgIpc) is 2.53. The van der Waals surface area contributed by atoms with Crippen molar-refractivity contribution >= 4 is 22.0 Å². The first-order valence-corrected chi connectivity index (χ1v) is 7.81. The third kappa shape index (κ3) is 4.86. The largest absolute Gasteiger partial charge is 0.465 e. The van der Waals surface area contributed by atoms with E-state index >= 15 is 0 Å².